The van der Waals surface area contributed by atoms with Crippen LogP contribution >= 0.6 is 0 Å². The first kappa shape index (κ1) is 36.0. The van der Waals surface area contributed by atoms with Crippen molar-refractivity contribution in [1.29, 1.82) is 0 Å². The molecule has 8 aliphatic rings. The molecule has 8 saturated carbocycles. The number of furan rings is 1. The zero-order valence-electron chi connectivity index (χ0n) is 36.7. The van der Waals surface area contributed by atoms with Gasteiger partial charge in [0.25, 0.3) is 0 Å². The van der Waals surface area contributed by atoms with Gasteiger partial charge in [-0.15, -0.1) is 0 Å². The maximum Gasteiger partial charge on any atom is 0.163 e. The molecule has 8 fully saturated rings. The molecule has 8 bridgehead atoms. The Morgan fingerprint density at radius 3 is 1.48 bits per heavy atom. The fourth-order valence-electron chi connectivity index (χ4n) is 16.5. The van der Waals surface area contributed by atoms with Crippen molar-refractivity contribution in [3.05, 3.63) is 139 Å². The molecule has 0 aliphatic heterocycles. The lowest BCUT2D eigenvalue weighted by Crippen LogP contribution is -2.51. The number of fused-ring (bicyclic) bond motifs is 12. The highest BCUT2D eigenvalue weighted by Gasteiger charge is 2.56. The Balaban J connectivity index is 0.978. The van der Waals surface area contributed by atoms with Crippen molar-refractivity contribution in [3.63, 3.8) is 0 Å². The van der Waals surface area contributed by atoms with E-state index in [1.807, 2.05) is 0 Å². The summed E-state index contributed by atoms with van der Waals surface area (Å²) >= 11 is 0. The summed E-state index contributed by atoms with van der Waals surface area (Å²) in [6.07, 6.45) is 16.0. The van der Waals surface area contributed by atoms with Gasteiger partial charge < -0.3 is 13.6 Å². The SMILES string of the molecule is c1ccc(-n2c3ccccc3c3c4oc5ccccc5c4c4c(c5ccccc5n4-c4cccc(-c5nc(C67CC8CC(CC(C8)C6)C7)nc(C67CC8CC(CC(C8)C6)C7)n5)c4)c32)cc1. The van der Waals surface area contributed by atoms with Gasteiger partial charge in [0.05, 0.1) is 32.8 Å². The second-order valence-corrected chi connectivity index (χ2v) is 22.0. The van der Waals surface area contributed by atoms with Crippen LogP contribution in [0.2, 0.25) is 0 Å². The largest absolute Gasteiger partial charge is 0.455 e. The summed E-state index contributed by atoms with van der Waals surface area (Å²) in [7, 11) is 0. The molecule has 65 heavy (non-hydrogen) atoms. The summed E-state index contributed by atoms with van der Waals surface area (Å²) in [4.78, 5) is 17.2. The minimum atomic E-state index is 0.0878. The topological polar surface area (TPSA) is 61.7 Å². The van der Waals surface area contributed by atoms with Crippen LogP contribution in [0.25, 0.3) is 88.3 Å². The molecule has 0 amide bonds. The van der Waals surface area contributed by atoms with Gasteiger partial charge in [-0.25, -0.2) is 15.0 Å². The van der Waals surface area contributed by atoms with Gasteiger partial charge in [-0.2, -0.15) is 0 Å². The van der Waals surface area contributed by atoms with Gasteiger partial charge in [0.15, 0.2) is 5.82 Å². The van der Waals surface area contributed by atoms with Crippen LogP contribution in [0.5, 0.6) is 0 Å². The minimum absolute atomic E-state index is 0.0878. The van der Waals surface area contributed by atoms with Gasteiger partial charge in [0, 0.05) is 49.3 Å². The summed E-state index contributed by atoms with van der Waals surface area (Å²) in [5, 5.41) is 7.07. The number of hydrogen-bond acceptors (Lipinski definition) is 4. The van der Waals surface area contributed by atoms with Gasteiger partial charge in [-0.3, -0.25) is 0 Å². The molecule has 6 nitrogen and oxygen atoms in total. The number of nitrogens with zero attached hydrogens (tertiary/aromatic N) is 5. The first-order chi connectivity index (χ1) is 32.0. The van der Waals surface area contributed by atoms with Gasteiger partial charge in [-0.05, 0) is 155 Å². The summed E-state index contributed by atoms with van der Waals surface area (Å²) < 4.78 is 12.1. The van der Waals surface area contributed by atoms with Crippen LogP contribution in [0.4, 0.5) is 0 Å². The van der Waals surface area contributed by atoms with Crippen molar-refractivity contribution in [3.8, 4) is 22.8 Å². The fourth-order valence-corrected chi connectivity index (χ4v) is 16.5. The molecule has 8 aliphatic carbocycles. The highest BCUT2D eigenvalue weighted by atomic mass is 16.3. The molecule has 0 spiro atoms. The molecule has 10 aromatic rings. The number of benzene rings is 6. The van der Waals surface area contributed by atoms with E-state index < -0.39 is 0 Å². The molecule has 0 atom stereocenters. The van der Waals surface area contributed by atoms with E-state index in [2.05, 4.69) is 137 Å². The molecule has 0 saturated heterocycles. The monoisotopic (exact) mass is 845 g/mol. The van der Waals surface area contributed by atoms with Gasteiger partial charge in [0.2, 0.25) is 0 Å². The zero-order valence-corrected chi connectivity index (χ0v) is 36.7. The molecule has 6 heteroatoms. The first-order valence-electron chi connectivity index (χ1n) is 24.8. The maximum absolute atomic E-state index is 7.08. The Kier molecular flexibility index (Phi) is 7.06. The molecule has 4 aromatic heterocycles. The summed E-state index contributed by atoms with van der Waals surface area (Å²) in [6.45, 7) is 0. The minimum Gasteiger partial charge on any atom is -0.455 e. The van der Waals surface area contributed by atoms with E-state index in [-0.39, 0.29) is 10.8 Å². The van der Waals surface area contributed by atoms with E-state index in [9.17, 15) is 0 Å². The van der Waals surface area contributed by atoms with Gasteiger partial charge >= 0.3 is 0 Å². The zero-order chi connectivity index (χ0) is 42.2. The molecule has 6 aromatic carbocycles. The third-order valence-electron chi connectivity index (χ3n) is 18.1. The van der Waals surface area contributed by atoms with Crippen molar-refractivity contribution in [2.75, 3.05) is 0 Å². The molecule has 18 rings (SSSR count). The van der Waals surface area contributed by atoms with Crippen LogP contribution in [-0.4, -0.2) is 24.1 Å². The van der Waals surface area contributed by atoms with E-state index in [1.165, 1.54) is 110 Å². The maximum atomic E-state index is 7.08. The van der Waals surface area contributed by atoms with Gasteiger partial charge in [0.1, 0.15) is 22.8 Å². The van der Waals surface area contributed by atoms with E-state index in [4.69, 9.17) is 19.4 Å². The fraction of sp³-hybridized carbons (Fsp3) is 0.339. The van der Waals surface area contributed by atoms with Crippen LogP contribution in [0.3, 0.4) is 0 Å². The van der Waals surface area contributed by atoms with Crippen molar-refractivity contribution in [2.45, 2.75) is 87.9 Å². The quantitative estimate of drug-likeness (QED) is 0.173. The highest BCUT2D eigenvalue weighted by Crippen LogP contribution is 2.63. The molecular formula is C59H51N5O. The molecule has 0 unspecified atom stereocenters. The van der Waals surface area contributed by atoms with E-state index in [1.54, 1.807) is 0 Å². The summed E-state index contributed by atoms with van der Waals surface area (Å²) in [5.41, 5.74) is 10.00. The molecule has 318 valence electrons. The highest BCUT2D eigenvalue weighted by molar-refractivity contribution is 6.39. The number of aromatic nitrogens is 5. The van der Waals surface area contributed by atoms with Crippen molar-refractivity contribution in [1.82, 2.24) is 24.1 Å². The Bertz CT molecular complexity index is 3510. The number of hydrogen-bond donors (Lipinski definition) is 0. The second kappa shape index (κ2) is 12.7. The lowest BCUT2D eigenvalue weighted by Gasteiger charge is -2.57. The predicted molar refractivity (Wildman–Crippen MR) is 261 cm³/mol. The molecule has 0 radical (unpaired) electrons. The van der Waals surface area contributed by atoms with E-state index in [0.717, 1.165) is 103 Å². The first-order valence-corrected chi connectivity index (χ1v) is 24.8. The van der Waals surface area contributed by atoms with Crippen LogP contribution in [-0.2, 0) is 10.8 Å². The normalized spacial score (nSPS) is 28.9. The smallest absolute Gasteiger partial charge is 0.163 e. The average Bonchev–Trinajstić information content (AvgIpc) is 3.99. The van der Waals surface area contributed by atoms with E-state index >= 15 is 0 Å². The lowest BCUT2D eigenvalue weighted by molar-refractivity contribution is -0.0155. The molecular weight excluding hydrogens is 795 g/mol. The third kappa shape index (κ3) is 4.93. The van der Waals surface area contributed by atoms with Crippen LogP contribution in [0.1, 0.15) is 88.7 Å². The predicted octanol–water partition coefficient (Wildman–Crippen LogP) is 14.6. The van der Waals surface area contributed by atoms with Crippen molar-refractivity contribution in [2.24, 2.45) is 35.5 Å². The summed E-state index contributed by atoms with van der Waals surface area (Å²) in [5.74, 6) is 8.10. The standard InChI is InChI=1S/C59H51N5O/c1-2-12-41(13-3-1)63-47-19-8-5-16-44(47)50-52(63)49-43-15-4-7-18-46(43)64(53(49)51-45-17-6-9-20-48(45)65-54(50)51)42-14-10-11-40(27-42)55-60-56(58-28-34-21-35(29-58)23-36(22-34)30-58)62-57(61-55)59-31-37-24-38(32-59)26-39(25-37)33-59/h1-20,27,34-39H,21-26,28-33H2. The van der Waals surface area contributed by atoms with Crippen LogP contribution < -0.4 is 0 Å². The molecule has 4 heterocycles. The third-order valence-corrected chi connectivity index (χ3v) is 18.1. The summed E-state index contributed by atoms with van der Waals surface area (Å²) in [6, 6.07) is 46.5. The van der Waals surface area contributed by atoms with E-state index in [0.29, 0.717) is 0 Å². The van der Waals surface area contributed by atoms with Crippen LogP contribution in [0.15, 0.2) is 132 Å². The Hall–Kier alpha value is -6.27. The van der Waals surface area contributed by atoms with Crippen LogP contribution in [0, 0.1) is 35.5 Å². The van der Waals surface area contributed by atoms with Crippen molar-refractivity contribution >= 4 is 65.6 Å². The molecule has 0 N–H and O–H groups in total. The number of para-hydroxylation sites is 4. The second-order valence-electron chi connectivity index (χ2n) is 22.0. The lowest BCUT2D eigenvalue weighted by atomic mass is 9.49. The number of rotatable bonds is 5. The van der Waals surface area contributed by atoms with Gasteiger partial charge in [-0.1, -0.05) is 84.9 Å². The average molecular weight is 846 g/mol. The Morgan fingerprint density at radius 2 is 0.892 bits per heavy atom. The Labute approximate surface area is 377 Å². The Morgan fingerprint density at radius 1 is 0.431 bits per heavy atom. The van der Waals surface area contributed by atoms with Crippen molar-refractivity contribution < 1.29 is 4.42 Å².